The molecule has 0 bridgehead atoms. The van der Waals surface area contributed by atoms with Crippen molar-refractivity contribution in [1.82, 2.24) is 5.32 Å². The summed E-state index contributed by atoms with van der Waals surface area (Å²) in [6.07, 6.45) is 0.227. The SMILES string of the molecule is CNC1COCC1C(=O)Cc1cc(F)ccc1Br. The van der Waals surface area contributed by atoms with E-state index in [0.29, 0.717) is 18.8 Å². The minimum Gasteiger partial charge on any atom is -0.379 e. The van der Waals surface area contributed by atoms with E-state index in [2.05, 4.69) is 21.2 Å². The van der Waals surface area contributed by atoms with Gasteiger partial charge in [0.2, 0.25) is 0 Å². The summed E-state index contributed by atoms with van der Waals surface area (Å²) in [5.41, 5.74) is 0.682. The summed E-state index contributed by atoms with van der Waals surface area (Å²) in [5.74, 6) is -0.392. The molecule has 1 N–H and O–H groups in total. The van der Waals surface area contributed by atoms with E-state index in [1.165, 1.54) is 12.1 Å². The van der Waals surface area contributed by atoms with Crippen LogP contribution in [-0.2, 0) is 16.0 Å². The van der Waals surface area contributed by atoms with E-state index in [-0.39, 0.29) is 30.0 Å². The Morgan fingerprint density at radius 1 is 1.56 bits per heavy atom. The first-order valence-electron chi connectivity index (χ1n) is 5.83. The molecule has 5 heteroatoms. The van der Waals surface area contributed by atoms with Gasteiger partial charge in [-0.05, 0) is 30.8 Å². The number of carbonyl (C=O) groups is 1. The van der Waals surface area contributed by atoms with Crippen molar-refractivity contribution < 1.29 is 13.9 Å². The van der Waals surface area contributed by atoms with E-state index < -0.39 is 0 Å². The van der Waals surface area contributed by atoms with Gasteiger partial charge in [0.1, 0.15) is 11.6 Å². The minimum atomic E-state index is -0.325. The highest BCUT2D eigenvalue weighted by Crippen LogP contribution is 2.22. The lowest BCUT2D eigenvalue weighted by atomic mass is 9.94. The average molecular weight is 316 g/mol. The molecule has 98 valence electrons. The lowest BCUT2D eigenvalue weighted by molar-refractivity contribution is -0.122. The Kier molecular flexibility index (Phi) is 4.48. The van der Waals surface area contributed by atoms with Gasteiger partial charge in [-0.2, -0.15) is 0 Å². The third kappa shape index (κ3) is 2.96. The van der Waals surface area contributed by atoms with Gasteiger partial charge in [0.25, 0.3) is 0 Å². The maximum Gasteiger partial charge on any atom is 0.144 e. The summed E-state index contributed by atoms with van der Waals surface area (Å²) in [4.78, 5) is 12.2. The molecule has 3 nitrogen and oxygen atoms in total. The lowest BCUT2D eigenvalue weighted by Gasteiger charge is -2.15. The van der Waals surface area contributed by atoms with Gasteiger partial charge in [-0.15, -0.1) is 0 Å². The van der Waals surface area contributed by atoms with E-state index in [9.17, 15) is 9.18 Å². The van der Waals surface area contributed by atoms with E-state index in [4.69, 9.17) is 4.74 Å². The number of hydrogen-bond acceptors (Lipinski definition) is 3. The molecule has 2 unspecified atom stereocenters. The fourth-order valence-electron chi connectivity index (χ4n) is 2.15. The molecule has 1 saturated heterocycles. The van der Waals surface area contributed by atoms with Gasteiger partial charge >= 0.3 is 0 Å². The topological polar surface area (TPSA) is 38.3 Å². The normalized spacial score (nSPS) is 23.3. The van der Waals surface area contributed by atoms with Crippen molar-refractivity contribution in [2.24, 2.45) is 5.92 Å². The molecule has 2 atom stereocenters. The molecule has 0 saturated carbocycles. The van der Waals surface area contributed by atoms with Crippen LogP contribution in [0.4, 0.5) is 4.39 Å². The first-order chi connectivity index (χ1) is 8.61. The molecular weight excluding hydrogens is 301 g/mol. The fraction of sp³-hybridized carbons (Fsp3) is 0.462. The van der Waals surface area contributed by atoms with Gasteiger partial charge in [0, 0.05) is 16.9 Å². The van der Waals surface area contributed by atoms with Gasteiger partial charge in [-0.25, -0.2) is 4.39 Å². The van der Waals surface area contributed by atoms with Gasteiger partial charge in [0.15, 0.2) is 0 Å². The number of carbonyl (C=O) groups excluding carboxylic acids is 1. The summed E-state index contributed by atoms with van der Waals surface area (Å²) < 4.78 is 19.2. The largest absolute Gasteiger partial charge is 0.379 e. The zero-order valence-corrected chi connectivity index (χ0v) is 11.7. The van der Waals surface area contributed by atoms with E-state index in [1.54, 1.807) is 6.07 Å². The molecule has 0 aromatic heterocycles. The van der Waals surface area contributed by atoms with Crippen LogP contribution in [0.15, 0.2) is 22.7 Å². The Bertz CT molecular complexity index is 453. The Morgan fingerprint density at radius 3 is 3.06 bits per heavy atom. The molecule has 0 aliphatic carbocycles. The van der Waals surface area contributed by atoms with Crippen LogP contribution in [-0.4, -0.2) is 32.1 Å². The molecule has 1 aromatic carbocycles. The lowest BCUT2D eigenvalue weighted by Crippen LogP contribution is -2.37. The summed E-state index contributed by atoms with van der Waals surface area (Å²) in [5, 5.41) is 3.08. The Morgan fingerprint density at radius 2 is 2.33 bits per heavy atom. The second-order valence-corrected chi connectivity index (χ2v) is 5.27. The maximum atomic E-state index is 13.1. The second kappa shape index (κ2) is 5.91. The number of ketones is 1. The van der Waals surface area contributed by atoms with E-state index >= 15 is 0 Å². The number of nitrogens with one attached hydrogen (secondary N) is 1. The molecule has 0 amide bonds. The molecule has 1 aliphatic rings. The molecule has 2 rings (SSSR count). The molecule has 18 heavy (non-hydrogen) atoms. The van der Waals surface area contributed by atoms with Gasteiger partial charge in [-0.1, -0.05) is 15.9 Å². The van der Waals surface area contributed by atoms with Crippen LogP contribution in [0.5, 0.6) is 0 Å². The number of hydrogen-bond donors (Lipinski definition) is 1. The third-order valence-electron chi connectivity index (χ3n) is 3.24. The van der Waals surface area contributed by atoms with Crippen LogP contribution in [0, 0.1) is 11.7 Å². The molecule has 1 aromatic rings. The highest BCUT2D eigenvalue weighted by molar-refractivity contribution is 9.10. The Hall–Kier alpha value is -0.780. The molecule has 1 fully saturated rings. The zero-order chi connectivity index (χ0) is 13.1. The third-order valence-corrected chi connectivity index (χ3v) is 4.01. The van der Waals surface area contributed by atoms with Crippen molar-refractivity contribution in [3.05, 3.63) is 34.1 Å². The van der Waals surface area contributed by atoms with E-state index in [1.807, 2.05) is 7.05 Å². The van der Waals surface area contributed by atoms with Crippen LogP contribution < -0.4 is 5.32 Å². The summed E-state index contributed by atoms with van der Waals surface area (Å²) in [7, 11) is 1.82. The molecule has 1 heterocycles. The number of Topliss-reactive ketones (excluding diaryl/α,β-unsaturated/α-hetero) is 1. The maximum absolute atomic E-state index is 13.1. The van der Waals surface area contributed by atoms with Crippen molar-refractivity contribution in [1.29, 1.82) is 0 Å². The quantitative estimate of drug-likeness (QED) is 0.922. The number of ether oxygens (including phenoxy) is 1. The van der Waals surface area contributed by atoms with Crippen LogP contribution in [0.3, 0.4) is 0 Å². The highest BCUT2D eigenvalue weighted by Gasteiger charge is 2.32. The monoisotopic (exact) mass is 315 g/mol. The van der Waals surface area contributed by atoms with Crippen LogP contribution in [0.1, 0.15) is 5.56 Å². The second-order valence-electron chi connectivity index (χ2n) is 4.42. The predicted molar refractivity (Wildman–Crippen MR) is 70.0 cm³/mol. The average Bonchev–Trinajstić information content (AvgIpc) is 2.82. The van der Waals surface area contributed by atoms with Gasteiger partial charge < -0.3 is 10.1 Å². The minimum absolute atomic E-state index is 0.0600. The molecular formula is C13H15BrFNO2. The Balaban J connectivity index is 2.09. The van der Waals surface area contributed by atoms with Crippen molar-refractivity contribution in [2.45, 2.75) is 12.5 Å². The first kappa shape index (κ1) is 13.6. The zero-order valence-electron chi connectivity index (χ0n) is 10.1. The molecule has 1 aliphatic heterocycles. The fourth-order valence-corrected chi connectivity index (χ4v) is 2.54. The summed E-state index contributed by atoms with van der Waals surface area (Å²) in [6, 6.07) is 4.45. The smallest absolute Gasteiger partial charge is 0.144 e. The summed E-state index contributed by atoms with van der Waals surface area (Å²) in [6.45, 7) is 0.995. The number of benzene rings is 1. The van der Waals surface area contributed by atoms with Gasteiger partial charge in [0.05, 0.1) is 19.1 Å². The van der Waals surface area contributed by atoms with Crippen molar-refractivity contribution in [3.8, 4) is 0 Å². The summed E-state index contributed by atoms with van der Waals surface area (Å²) >= 11 is 3.33. The van der Waals surface area contributed by atoms with E-state index in [0.717, 1.165) is 4.47 Å². The number of rotatable bonds is 4. The van der Waals surface area contributed by atoms with Crippen molar-refractivity contribution in [2.75, 3.05) is 20.3 Å². The molecule has 0 radical (unpaired) electrons. The van der Waals surface area contributed by atoms with Crippen molar-refractivity contribution in [3.63, 3.8) is 0 Å². The highest BCUT2D eigenvalue weighted by atomic mass is 79.9. The number of halogens is 2. The first-order valence-corrected chi connectivity index (χ1v) is 6.62. The van der Waals surface area contributed by atoms with Crippen LogP contribution >= 0.6 is 15.9 Å². The Labute approximate surface area is 114 Å². The molecule has 0 spiro atoms. The van der Waals surface area contributed by atoms with Gasteiger partial charge in [-0.3, -0.25) is 4.79 Å². The number of likely N-dealkylation sites (N-methyl/N-ethyl adjacent to an activating group) is 1. The predicted octanol–water partition coefficient (Wildman–Crippen LogP) is 1.93. The standard InChI is InChI=1S/C13H15BrFNO2/c1-16-12-7-18-6-10(12)13(17)5-8-4-9(15)2-3-11(8)14/h2-4,10,12,16H,5-7H2,1H3. The van der Waals surface area contributed by atoms with Crippen molar-refractivity contribution >= 4 is 21.7 Å². The van der Waals surface area contributed by atoms with Crippen LogP contribution in [0.25, 0.3) is 0 Å². The van der Waals surface area contributed by atoms with Crippen LogP contribution in [0.2, 0.25) is 0 Å².